The van der Waals surface area contributed by atoms with E-state index in [1.54, 1.807) is 0 Å². The van der Waals surface area contributed by atoms with Gasteiger partial charge < -0.3 is 0 Å². The van der Waals surface area contributed by atoms with Crippen LogP contribution in [-0.2, 0) is 0 Å². The Bertz CT molecular complexity index is 99.1. The van der Waals surface area contributed by atoms with E-state index in [0.717, 1.165) is 6.42 Å². The Labute approximate surface area is 55.9 Å². The molecule has 0 unspecified atom stereocenters. The molecule has 1 atom stereocenters. The van der Waals surface area contributed by atoms with Crippen molar-refractivity contribution in [3.05, 3.63) is 17.1 Å². The number of rotatable bonds is 4. The Morgan fingerprint density at radius 1 is 1.67 bits per heavy atom. The largest absolute Gasteiger partial charge is 0.151 e. The van der Waals surface area contributed by atoms with Crippen LogP contribution in [0.3, 0.4) is 0 Å². The van der Waals surface area contributed by atoms with Crippen LogP contribution in [0.1, 0.15) is 20.3 Å². The summed E-state index contributed by atoms with van der Waals surface area (Å²) in [5.41, 5.74) is 0. The number of hydrogen-bond donors (Lipinski definition) is 0. The van der Waals surface area contributed by atoms with Crippen LogP contribution in [0.2, 0.25) is 0 Å². The average molecular weight is 127 g/mol. The van der Waals surface area contributed by atoms with Crippen molar-refractivity contribution in [1.82, 2.24) is 0 Å². The summed E-state index contributed by atoms with van der Waals surface area (Å²) in [6.07, 6.45) is 4.97. The van der Waals surface area contributed by atoms with Gasteiger partial charge in [0.1, 0.15) is 0 Å². The fourth-order valence-electron chi connectivity index (χ4n) is 0.694. The van der Waals surface area contributed by atoms with Crippen molar-refractivity contribution >= 4 is 0 Å². The number of hydrogen-bond acceptors (Lipinski definition) is 2. The lowest BCUT2D eigenvalue weighted by atomic mass is 10.1. The van der Waals surface area contributed by atoms with Crippen LogP contribution in [0.15, 0.2) is 17.3 Å². The molecule has 0 aliphatic heterocycles. The van der Waals surface area contributed by atoms with Crippen molar-refractivity contribution in [3.63, 3.8) is 0 Å². The normalized spacial score (nSPS) is 14.0. The lowest BCUT2D eigenvalue weighted by Gasteiger charge is -2.00. The molecule has 0 aromatic carbocycles. The third-order valence-electron chi connectivity index (χ3n) is 1.30. The first-order chi connectivity index (χ1) is 4.35. The van der Waals surface area contributed by atoms with Gasteiger partial charge in [0.25, 0.3) is 0 Å². The molecule has 52 valence electrons. The fourth-order valence-corrected chi connectivity index (χ4v) is 0.694. The van der Waals surface area contributed by atoms with Gasteiger partial charge in [0.15, 0.2) is 0 Å². The zero-order valence-corrected chi connectivity index (χ0v) is 6.00. The third-order valence-corrected chi connectivity index (χ3v) is 1.30. The zero-order valence-electron chi connectivity index (χ0n) is 6.00. The quantitative estimate of drug-likeness (QED) is 0.421. The summed E-state index contributed by atoms with van der Waals surface area (Å²) in [5.74, 6) is 0.354. The molecule has 0 heterocycles. The molecule has 0 rings (SSSR count). The van der Waals surface area contributed by atoms with E-state index in [1.165, 1.54) is 0 Å². The molecule has 0 radical (unpaired) electrons. The second-order valence-electron chi connectivity index (χ2n) is 2.01. The van der Waals surface area contributed by atoms with Gasteiger partial charge in [-0.2, -0.15) is 4.91 Å². The van der Waals surface area contributed by atoms with Crippen molar-refractivity contribution in [2.75, 3.05) is 6.54 Å². The van der Waals surface area contributed by atoms with Crippen molar-refractivity contribution in [1.29, 1.82) is 0 Å². The molecule has 0 aliphatic carbocycles. The summed E-state index contributed by atoms with van der Waals surface area (Å²) in [6, 6.07) is 0. The van der Waals surface area contributed by atoms with Crippen LogP contribution in [-0.4, -0.2) is 6.54 Å². The summed E-state index contributed by atoms with van der Waals surface area (Å²) in [4.78, 5) is 9.77. The first kappa shape index (κ1) is 8.34. The van der Waals surface area contributed by atoms with Crippen molar-refractivity contribution in [2.45, 2.75) is 20.3 Å². The zero-order chi connectivity index (χ0) is 7.11. The topological polar surface area (TPSA) is 29.4 Å². The van der Waals surface area contributed by atoms with E-state index in [9.17, 15) is 4.91 Å². The molecule has 0 saturated carbocycles. The maximum Gasteiger partial charge on any atom is 0.0873 e. The summed E-state index contributed by atoms with van der Waals surface area (Å²) in [5, 5.41) is 2.82. The first-order valence-electron chi connectivity index (χ1n) is 3.27. The molecular weight excluding hydrogens is 114 g/mol. The van der Waals surface area contributed by atoms with E-state index >= 15 is 0 Å². The summed E-state index contributed by atoms with van der Waals surface area (Å²) in [7, 11) is 0. The molecule has 0 aliphatic rings. The van der Waals surface area contributed by atoms with E-state index in [-0.39, 0.29) is 0 Å². The highest BCUT2D eigenvalue weighted by atomic mass is 16.3. The Morgan fingerprint density at radius 2 is 2.33 bits per heavy atom. The Balaban J connectivity index is 3.53. The van der Waals surface area contributed by atoms with Gasteiger partial charge in [-0.05, 0) is 19.3 Å². The predicted octanol–water partition coefficient (Wildman–Crippen LogP) is 2.36. The molecule has 2 heteroatoms. The van der Waals surface area contributed by atoms with Crippen LogP contribution in [0.5, 0.6) is 0 Å². The van der Waals surface area contributed by atoms with E-state index in [0.29, 0.717) is 12.5 Å². The molecule has 0 aromatic heterocycles. The van der Waals surface area contributed by atoms with Gasteiger partial charge in [0, 0.05) is 0 Å². The Hall–Kier alpha value is -0.660. The summed E-state index contributed by atoms with van der Waals surface area (Å²) in [6.45, 7) is 4.42. The van der Waals surface area contributed by atoms with Gasteiger partial charge in [0.05, 0.1) is 6.54 Å². The van der Waals surface area contributed by atoms with E-state index < -0.39 is 0 Å². The van der Waals surface area contributed by atoms with Crippen LogP contribution >= 0.6 is 0 Å². The molecule has 0 saturated heterocycles. The van der Waals surface area contributed by atoms with Gasteiger partial charge in [-0.1, -0.05) is 24.3 Å². The molecule has 0 aromatic rings. The minimum atomic E-state index is 0.354. The predicted molar refractivity (Wildman–Crippen MR) is 39.3 cm³/mol. The van der Waals surface area contributed by atoms with E-state index in [2.05, 4.69) is 12.1 Å². The second-order valence-corrected chi connectivity index (χ2v) is 2.01. The monoisotopic (exact) mass is 127 g/mol. The highest BCUT2D eigenvalue weighted by Crippen LogP contribution is 2.03. The van der Waals surface area contributed by atoms with Crippen LogP contribution < -0.4 is 0 Å². The average Bonchev–Trinajstić information content (AvgIpc) is 1.88. The molecule has 0 amide bonds. The second kappa shape index (κ2) is 5.48. The smallest absolute Gasteiger partial charge is 0.0873 e. The highest BCUT2D eigenvalue weighted by Gasteiger charge is 1.98. The lowest BCUT2D eigenvalue weighted by molar-refractivity contribution is 0.638. The Morgan fingerprint density at radius 3 is 2.67 bits per heavy atom. The third kappa shape index (κ3) is 3.88. The van der Waals surface area contributed by atoms with Gasteiger partial charge in [-0.3, -0.25) is 0 Å². The number of nitrogens with zero attached hydrogens (tertiary/aromatic N) is 1. The van der Waals surface area contributed by atoms with Gasteiger partial charge >= 0.3 is 0 Å². The fraction of sp³-hybridized carbons (Fsp3) is 0.714. The van der Waals surface area contributed by atoms with E-state index in [4.69, 9.17) is 0 Å². The number of nitroso groups, excluding NO2 is 1. The number of allylic oxidation sites excluding steroid dienone is 1. The Kier molecular flexibility index (Phi) is 5.07. The van der Waals surface area contributed by atoms with E-state index in [1.807, 2.05) is 19.1 Å². The molecule has 0 bridgehead atoms. The molecular formula is C7H13NO. The maximum atomic E-state index is 9.77. The molecule has 0 fully saturated rings. The summed E-state index contributed by atoms with van der Waals surface area (Å²) >= 11 is 0. The lowest BCUT2D eigenvalue weighted by Crippen LogP contribution is -1.97. The molecule has 0 spiro atoms. The molecule has 9 heavy (non-hydrogen) atoms. The summed E-state index contributed by atoms with van der Waals surface area (Å²) < 4.78 is 0. The van der Waals surface area contributed by atoms with Crippen molar-refractivity contribution in [2.24, 2.45) is 11.1 Å². The first-order valence-corrected chi connectivity index (χ1v) is 3.27. The minimum absolute atomic E-state index is 0.354. The SMILES string of the molecule is C/C=C/[C@@H](CC)CN=O. The van der Waals surface area contributed by atoms with Gasteiger partial charge in [-0.15, -0.1) is 0 Å². The van der Waals surface area contributed by atoms with Crippen LogP contribution in [0.25, 0.3) is 0 Å². The van der Waals surface area contributed by atoms with Crippen molar-refractivity contribution in [3.8, 4) is 0 Å². The van der Waals surface area contributed by atoms with Crippen LogP contribution in [0.4, 0.5) is 0 Å². The van der Waals surface area contributed by atoms with Gasteiger partial charge in [-0.25, -0.2) is 0 Å². The van der Waals surface area contributed by atoms with Gasteiger partial charge in [0.2, 0.25) is 0 Å². The molecule has 2 nitrogen and oxygen atoms in total. The van der Waals surface area contributed by atoms with Crippen molar-refractivity contribution < 1.29 is 0 Å². The maximum absolute atomic E-state index is 9.77. The minimum Gasteiger partial charge on any atom is -0.151 e. The standard InChI is InChI=1S/C7H13NO/c1-3-5-7(4-2)6-8-9/h3,5,7H,4,6H2,1-2H3/b5-3+/t7-/m1/s1. The molecule has 0 N–H and O–H groups in total. The van der Waals surface area contributed by atoms with Crippen LogP contribution in [0, 0.1) is 10.8 Å². The highest BCUT2D eigenvalue weighted by molar-refractivity contribution is 4.85.